The minimum atomic E-state index is -3.61. The zero-order valence-electron chi connectivity index (χ0n) is 9.25. The summed E-state index contributed by atoms with van der Waals surface area (Å²) in [5.41, 5.74) is 0. The van der Waals surface area contributed by atoms with Gasteiger partial charge in [-0.25, -0.2) is 4.57 Å². The van der Waals surface area contributed by atoms with Crippen LogP contribution < -0.4 is 0 Å². The quantitative estimate of drug-likeness (QED) is 0.616. The van der Waals surface area contributed by atoms with Crippen LogP contribution in [0.1, 0.15) is 20.8 Å². The van der Waals surface area contributed by atoms with Gasteiger partial charge in [-0.15, -0.1) is 0 Å². The van der Waals surface area contributed by atoms with Gasteiger partial charge in [0.25, 0.3) is 0 Å². The van der Waals surface area contributed by atoms with Gasteiger partial charge in [0.1, 0.15) is 6.10 Å². The monoisotopic (exact) mass is 242 g/mol. The first-order valence-corrected chi connectivity index (χ1v) is 6.31. The Labute approximate surface area is 89.8 Å². The average molecular weight is 242 g/mol. The molecule has 0 aromatic rings. The van der Waals surface area contributed by atoms with E-state index in [0.29, 0.717) is 0 Å². The van der Waals surface area contributed by atoms with E-state index in [4.69, 9.17) is 18.7 Å². The van der Waals surface area contributed by atoms with Crippen LogP contribution in [0, 0.1) is 0 Å². The van der Waals surface area contributed by atoms with E-state index in [9.17, 15) is 9.67 Å². The predicted molar refractivity (Wildman–Crippen MR) is 54.5 cm³/mol. The van der Waals surface area contributed by atoms with Crippen molar-refractivity contribution in [2.75, 3.05) is 19.8 Å². The van der Waals surface area contributed by atoms with Crippen LogP contribution in [0.3, 0.4) is 0 Å². The van der Waals surface area contributed by atoms with Crippen molar-refractivity contribution in [3.05, 3.63) is 0 Å². The van der Waals surface area contributed by atoms with Crippen LogP contribution in [0.2, 0.25) is 0 Å². The van der Waals surface area contributed by atoms with Crippen LogP contribution >= 0.6 is 7.82 Å². The molecule has 0 radical (unpaired) electrons. The van der Waals surface area contributed by atoms with E-state index < -0.39 is 26.6 Å². The largest absolute Gasteiger partial charge is 0.475 e. The summed E-state index contributed by atoms with van der Waals surface area (Å²) in [4.78, 5) is 0. The summed E-state index contributed by atoms with van der Waals surface area (Å²) in [6.45, 7) is 4.67. The van der Waals surface area contributed by atoms with Crippen molar-refractivity contribution in [1.29, 1.82) is 0 Å². The number of aliphatic hydroxyl groups is 2. The highest BCUT2D eigenvalue weighted by Crippen LogP contribution is 2.50. The summed E-state index contributed by atoms with van der Waals surface area (Å²) >= 11 is 0. The molecule has 0 heterocycles. The predicted octanol–water partition coefficient (Wildman–Crippen LogP) is 0.926. The first kappa shape index (κ1) is 15.0. The van der Waals surface area contributed by atoms with E-state index in [-0.39, 0.29) is 13.2 Å². The molecule has 0 aliphatic rings. The van der Waals surface area contributed by atoms with Crippen LogP contribution in [-0.4, -0.2) is 42.2 Å². The number of hydrogen-bond donors (Lipinski definition) is 2. The van der Waals surface area contributed by atoms with Crippen LogP contribution in [0.15, 0.2) is 0 Å². The summed E-state index contributed by atoms with van der Waals surface area (Å²) in [5.74, 6) is 0. The summed E-state index contributed by atoms with van der Waals surface area (Å²) < 4.78 is 26.5. The maximum absolute atomic E-state index is 11.8. The zero-order chi connectivity index (χ0) is 11.9. The zero-order valence-corrected chi connectivity index (χ0v) is 10.1. The van der Waals surface area contributed by atoms with Gasteiger partial charge < -0.3 is 10.2 Å². The Bertz CT molecular complexity index is 199. The van der Waals surface area contributed by atoms with Crippen molar-refractivity contribution in [2.24, 2.45) is 0 Å². The third-order valence-corrected chi connectivity index (χ3v) is 3.34. The second kappa shape index (κ2) is 7.33. The Morgan fingerprint density at radius 1 is 1.27 bits per heavy atom. The fourth-order valence-corrected chi connectivity index (χ4v) is 2.21. The normalized spacial score (nSPS) is 16.3. The molecule has 0 aromatic heterocycles. The lowest BCUT2D eigenvalue weighted by Gasteiger charge is -2.23. The standard InChI is InChI=1S/C8H19O6P/c1-4-12-15(11,13-5-2)14-7(3)8(10)6-9/h7-10H,4-6H2,1-3H3. The van der Waals surface area contributed by atoms with Crippen molar-refractivity contribution in [3.63, 3.8) is 0 Å². The molecule has 7 heteroatoms. The SMILES string of the molecule is CCOP(=O)(OCC)OC(C)C(O)CO. The van der Waals surface area contributed by atoms with E-state index in [1.54, 1.807) is 13.8 Å². The molecule has 0 aromatic carbocycles. The van der Waals surface area contributed by atoms with Gasteiger partial charge in [0.2, 0.25) is 0 Å². The van der Waals surface area contributed by atoms with Crippen LogP contribution in [0.4, 0.5) is 0 Å². The molecule has 2 N–H and O–H groups in total. The molecular weight excluding hydrogens is 223 g/mol. The highest BCUT2D eigenvalue weighted by molar-refractivity contribution is 7.48. The Morgan fingerprint density at radius 2 is 1.73 bits per heavy atom. The first-order chi connectivity index (χ1) is 6.99. The Hall–Kier alpha value is 0.0300. The molecule has 0 aliphatic carbocycles. The van der Waals surface area contributed by atoms with E-state index in [0.717, 1.165) is 0 Å². The van der Waals surface area contributed by atoms with Gasteiger partial charge in [-0.3, -0.25) is 13.6 Å². The Kier molecular flexibility index (Phi) is 7.34. The third kappa shape index (κ3) is 5.61. The molecule has 15 heavy (non-hydrogen) atoms. The molecule has 6 nitrogen and oxygen atoms in total. The van der Waals surface area contributed by atoms with Crippen molar-refractivity contribution in [3.8, 4) is 0 Å². The molecule has 0 aliphatic heterocycles. The number of rotatable bonds is 8. The average Bonchev–Trinajstić information content (AvgIpc) is 2.16. The van der Waals surface area contributed by atoms with Gasteiger partial charge >= 0.3 is 7.82 Å². The molecule has 0 saturated heterocycles. The van der Waals surface area contributed by atoms with E-state index in [1.165, 1.54) is 6.92 Å². The fraction of sp³-hybridized carbons (Fsp3) is 1.00. The molecule has 0 spiro atoms. The van der Waals surface area contributed by atoms with E-state index in [1.807, 2.05) is 0 Å². The maximum Gasteiger partial charge on any atom is 0.475 e. The molecule has 0 bridgehead atoms. The van der Waals surface area contributed by atoms with Crippen molar-refractivity contribution in [1.82, 2.24) is 0 Å². The number of phosphoric acid groups is 1. The minimum Gasteiger partial charge on any atom is -0.394 e. The molecule has 0 amide bonds. The lowest BCUT2D eigenvalue weighted by Crippen LogP contribution is -2.29. The van der Waals surface area contributed by atoms with Crippen molar-refractivity contribution < 1.29 is 28.3 Å². The third-order valence-electron chi connectivity index (χ3n) is 1.60. The Balaban J connectivity index is 4.33. The summed E-state index contributed by atoms with van der Waals surface area (Å²) in [5, 5.41) is 17.9. The summed E-state index contributed by atoms with van der Waals surface area (Å²) in [7, 11) is -3.61. The summed E-state index contributed by atoms with van der Waals surface area (Å²) in [6.07, 6.45) is -1.93. The maximum atomic E-state index is 11.8. The molecule has 0 fully saturated rings. The van der Waals surface area contributed by atoms with Gasteiger partial charge in [-0.1, -0.05) is 0 Å². The van der Waals surface area contributed by atoms with Crippen LogP contribution in [-0.2, 0) is 18.1 Å². The van der Waals surface area contributed by atoms with Gasteiger partial charge in [-0.2, -0.15) is 0 Å². The van der Waals surface area contributed by atoms with Crippen molar-refractivity contribution in [2.45, 2.75) is 33.0 Å². The highest BCUT2D eigenvalue weighted by atomic mass is 31.2. The van der Waals surface area contributed by atoms with Gasteiger partial charge in [0.05, 0.1) is 25.9 Å². The van der Waals surface area contributed by atoms with Gasteiger partial charge in [-0.05, 0) is 20.8 Å². The van der Waals surface area contributed by atoms with E-state index in [2.05, 4.69) is 0 Å². The number of aliphatic hydroxyl groups excluding tert-OH is 2. The number of phosphoric ester groups is 1. The topological polar surface area (TPSA) is 85.2 Å². The first-order valence-electron chi connectivity index (χ1n) is 4.85. The van der Waals surface area contributed by atoms with E-state index >= 15 is 0 Å². The van der Waals surface area contributed by atoms with Gasteiger partial charge in [0, 0.05) is 0 Å². The molecule has 0 saturated carbocycles. The minimum absolute atomic E-state index is 0.180. The van der Waals surface area contributed by atoms with Crippen molar-refractivity contribution >= 4 is 7.82 Å². The van der Waals surface area contributed by atoms with Crippen LogP contribution in [0.25, 0.3) is 0 Å². The van der Waals surface area contributed by atoms with Gasteiger partial charge in [0.15, 0.2) is 0 Å². The molecular formula is C8H19O6P. The highest BCUT2D eigenvalue weighted by Gasteiger charge is 2.30. The molecule has 2 atom stereocenters. The Morgan fingerprint density at radius 3 is 2.07 bits per heavy atom. The lowest BCUT2D eigenvalue weighted by molar-refractivity contribution is -0.0137. The molecule has 2 unspecified atom stereocenters. The number of hydrogen-bond acceptors (Lipinski definition) is 6. The molecule has 92 valence electrons. The lowest BCUT2D eigenvalue weighted by atomic mass is 10.2. The molecule has 0 rings (SSSR count). The second-order valence-electron chi connectivity index (χ2n) is 2.84. The second-order valence-corrected chi connectivity index (χ2v) is 4.46. The fourth-order valence-electron chi connectivity index (χ4n) is 0.837. The van der Waals surface area contributed by atoms with Crippen LogP contribution in [0.5, 0.6) is 0 Å². The smallest absolute Gasteiger partial charge is 0.394 e. The summed E-state index contributed by atoms with van der Waals surface area (Å²) in [6, 6.07) is 0.